The minimum atomic E-state index is -5.15. The predicted molar refractivity (Wildman–Crippen MR) is 64.8 cm³/mol. The Balaban J connectivity index is -0.000000101. The minimum absolute atomic E-state index is 0. The molecule has 0 heterocycles. The number of carbonyl (C=O) groups is 1. The molecule has 88 valence electrons. The van der Waals surface area contributed by atoms with E-state index in [0.29, 0.717) is 0 Å². The summed E-state index contributed by atoms with van der Waals surface area (Å²) in [7, 11) is -10.3. The van der Waals surface area contributed by atoms with Gasteiger partial charge in [0.1, 0.15) is 0 Å². The first kappa shape index (κ1) is 32.5. The van der Waals surface area contributed by atoms with Crippen LogP contribution in [0.4, 0.5) is 4.79 Å². The summed E-state index contributed by atoms with van der Waals surface area (Å²) in [6.07, 6.45) is -2.29. The van der Waals surface area contributed by atoms with Crippen LogP contribution in [0.5, 0.6) is 0 Å². The third kappa shape index (κ3) is 27.0. The first-order valence-corrected chi connectivity index (χ1v) is 4.71. The molecule has 0 unspecified atom stereocenters. The van der Waals surface area contributed by atoms with E-state index in [4.69, 9.17) is 9.11 Å². The molecule has 0 aromatic heterocycles. The summed E-state index contributed by atoms with van der Waals surface area (Å²) in [5, 5.41) is 0. The number of hydrogen-bond donors (Lipinski definition) is 2. The van der Waals surface area contributed by atoms with E-state index in [1.165, 1.54) is 0 Å². The van der Waals surface area contributed by atoms with E-state index >= 15 is 0 Å². The van der Waals surface area contributed by atoms with Gasteiger partial charge in [0.05, 0.1) is 0 Å². The third-order valence-electron chi connectivity index (χ3n) is 0.347. The number of rotatable bonds is 2. The van der Waals surface area contributed by atoms with E-state index in [0.717, 1.165) is 0 Å². The van der Waals surface area contributed by atoms with Crippen LogP contribution < -0.4 is 0 Å². The van der Waals surface area contributed by atoms with Crippen LogP contribution in [-0.4, -0.2) is 199 Å². The van der Waals surface area contributed by atoms with Gasteiger partial charge in [-0.2, -0.15) is 16.8 Å². The molecule has 0 rings (SSSR count). The van der Waals surface area contributed by atoms with Crippen LogP contribution in [-0.2, 0) is 29.2 Å². The summed E-state index contributed by atoms with van der Waals surface area (Å²) in [6, 6.07) is 0. The van der Waals surface area contributed by atoms with E-state index in [2.05, 4.69) is 8.37 Å². The molecule has 0 saturated heterocycles. The fourth-order valence-corrected chi connectivity index (χ4v) is 0.641. The molecule has 0 aliphatic carbocycles. The van der Waals surface area contributed by atoms with E-state index in [1.807, 2.05) is 0 Å². The van der Waals surface area contributed by atoms with Crippen LogP contribution in [0.3, 0.4) is 0 Å². The van der Waals surface area contributed by atoms with E-state index in [1.54, 1.807) is 0 Å². The monoisotopic (exact) mass is 486 g/mol. The summed E-state index contributed by atoms with van der Waals surface area (Å²) in [4.78, 5) is 9.95. The van der Waals surface area contributed by atoms with Crippen molar-refractivity contribution in [1.29, 1.82) is 0 Å². The van der Waals surface area contributed by atoms with Gasteiger partial charge < -0.3 is 0 Å². The Morgan fingerprint density at radius 3 is 1.12 bits per heavy atom. The molecule has 0 aliphatic heterocycles. The van der Waals surface area contributed by atoms with Crippen molar-refractivity contribution in [3.05, 3.63) is 0 Å². The molecule has 0 radical (unpaired) electrons. The van der Waals surface area contributed by atoms with Crippen LogP contribution >= 0.6 is 0 Å². The summed E-state index contributed by atoms with van der Waals surface area (Å²) in [5.74, 6) is 0. The zero-order valence-corrected chi connectivity index (χ0v) is 6.70. The first-order valence-electron chi connectivity index (χ1n) is 1.98. The molecule has 0 spiro atoms. The van der Waals surface area contributed by atoms with Crippen molar-refractivity contribution in [3.8, 4) is 0 Å². The van der Waals surface area contributed by atoms with Gasteiger partial charge in [-0.15, -0.1) is 0 Å². The fraction of sp³-hybridized carbons (Fsp3) is 0. The van der Waals surface area contributed by atoms with Gasteiger partial charge >= 0.3 is 193 Å². The molecular weight excluding hydrogens is 476 g/mol. The van der Waals surface area contributed by atoms with Crippen molar-refractivity contribution >= 4 is 193 Å². The molecule has 0 aromatic carbocycles. The van der Waals surface area contributed by atoms with Gasteiger partial charge in [0, 0.05) is 0 Å². The Morgan fingerprint density at radius 2 is 1.00 bits per heavy atom. The molecule has 16 heavy (non-hydrogen) atoms. The van der Waals surface area contributed by atoms with Gasteiger partial charge in [-0.25, -0.2) is 4.79 Å². The summed E-state index contributed by atoms with van der Waals surface area (Å²) in [6.45, 7) is 0. The third-order valence-corrected chi connectivity index (χ3v) is 1.04. The molecule has 0 aromatic rings. The molecule has 15 heteroatoms. The van der Waals surface area contributed by atoms with Gasteiger partial charge in [0.2, 0.25) is 0 Å². The maximum atomic E-state index is 9.95. The second kappa shape index (κ2) is 14.5. The summed E-state index contributed by atoms with van der Waals surface area (Å²) >= 11 is 0. The summed E-state index contributed by atoms with van der Waals surface area (Å²) in [5.41, 5.74) is 0. The second-order valence-electron chi connectivity index (χ2n) is 1.27. The zero-order chi connectivity index (χ0) is 9.99. The molecule has 0 atom stereocenters. The van der Waals surface area contributed by atoms with E-state index in [9.17, 15) is 21.6 Å². The average molecular weight is 486 g/mol. The molecule has 0 bridgehead atoms. The van der Waals surface area contributed by atoms with Gasteiger partial charge in [-0.05, 0) is 0 Å². The van der Waals surface area contributed by atoms with Crippen molar-refractivity contribution in [3.63, 3.8) is 0 Å². The van der Waals surface area contributed by atoms with Gasteiger partial charge in [-0.3, -0.25) is 17.5 Å². The van der Waals surface area contributed by atoms with Gasteiger partial charge in [0.15, 0.2) is 0 Å². The van der Waals surface area contributed by atoms with Crippen molar-refractivity contribution in [2.45, 2.75) is 0 Å². The van der Waals surface area contributed by atoms with Crippen LogP contribution in [0.25, 0.3) is 0 Å². The van der Waals surface area contributed by atoms with Crippen LogP contribution in [0.1, 0.15) is 0 Å². The summed E-state index contributed by atoms with van der Waals surface area (Å²) < 4.78 is 60.1. The van der Waals surface area contributed by atoms with Crippen LogP contribution in [0.15, 0.2) is 0 Å². The molecule has 0 aliphatic rings. The number of hydrogen-bond acceptors (Lipinski definition) is 7. The van der Waals surface area contributed by atoms with Gasteiger partial charge in [0.25, 0.3) is 0 Å². The molecule has 0 amide bonds. The van der Waals surface area contributed by atoms with E-state index in [-0.39, 0.29) is 166 Å². The van der Waals surface area contributed by atoms with Crippen molar-refractivity contribution in [1.82, 2.24) is 0 Å². The Kier molecular flexibility index (Phi) is 29.5. The van der Waals surface area contributed by atoms with Crippen molar-refractivity contribution < 1.29 is 39.1 Å². The van der Waals surface area contributed by atoms with Crippen molar-refractivity contribution in [2.75, 3.05) is 0 Å². The second-order valence-corrected chi connectivity index (χ2v) is 3.32. The Hall–Kier alpha value is 4.57. The Labute approximate surface area is 226 Å². The Bertz CT molecular complexity index is 336. The Morgan fingerprint density at radius 1 is 0.812 bits per heavy atom. The normalized spacial score (nSPS) is 9.12. The fourth-order valence-electron chi connectivity index (χ4n) is 0.186. The maximum absolute atomic E-state index is 9.95. The topological polar surface area (TPSA) is 144 Å². The molecule has 2 N–H and O–H groups in total. The zero-order valence-electron chi connectivity index (χ0n) is 5.07. The average Bonchev–Trinajstić information content (AvgIpc) is 1.49. The number of carbonyl (C=O) groups excluding carboxylic acids is 1. The SMILES string of the molecule is O=C(OS(=O)(=O)O)OS(=O)(=O)O.[CaH2].[CaH2].[SrH2].[SrH2]. The first-order chi connectivity index (χ1) is 5.10. The van der Waals surface area contributed by atoms with Crippen LogP contribution in [0, 0.1) is 0 Å². The van der Waals surface area contributed by atoms with Crippen molar-refractivity contribution in [2.24, 2.45) is 0 Å². The molecule has 0 saturated carbocycles. The quantitative estimate of drug-likeness (QED) is 0.290. The van der Waals surface area contributed by atoms with E-state index < -0.39 is 27.0 Å². The molecule has 0 fully saturated rings. The van der Waals surface area contributed by atoms with Gasteiger partial charge in [-0.1, -0.05) is 0 Å². The molecular formula is CH10Ca2O9S2Sr2. The van der Waals surface area contributed by atoms with Crippen LogP contribution in [0.2, 0.25) is 0 Å². The standard InChI is InChI=1S/CH2O9S2.2Ca.2Sr.8H/c2-1(9-11(3,4)5)10-12(6,7)8;;;;;;;;;;;;/h(H,3,4,5)(H,6,7,8);;;;;;;;;;;;. The molecule has 9 nitrogen and oxygen atoms in total. The predicted octanol–water partition coefficient (Wildman–Crippen LogP) is -4.92.